The van der Waals surface area contributed by atoms with Crippen molar-refractivity contribution in [1.29, 1.82) is 0 Å². The molecule has 29 heavy (non-hydrogen) atoms. The molecule has 1 unspecified atom stereocenters. The van der Waals surface area contributed by atoms with E-state index >= 15 is 0 Å². The standard InChI is InChI=1S/C21H23N5O2S/c1-15(20(27)25-12-11-17-5-3-4-6-18(17)14-25)29-21-22-23-24-26(21)13-16-7-9-19(28-2)10-8-16/h3-10,15H,11-14H2,1-2H3. The highest BCUT2D eigenvalue weighted by molar-refractivity contribution is 8.00. The Morgan fingerprint density at radius 2 is 1.93 bits per heavy atom. The lowest BCUT2D eigenvalue weighted by molar-refractivity contribution is -0.131. The van der Waals surface area contributed by atoms with Gasteiger partial charge in [0.2, 0.25) is 11.1 Å². The van der Waals surface area contributed by atoms with Crippen molar-refractivity contribution in [2.45, 2.75) is 36.8 Å². The van der Waals surface area contributed by atoms with Crippen LogP contribution in [0.2, 0.25) is 0 Å². The van der Waals surface area contributed by atoms with Crippen LogP contribution in [0.5, 0.6) is 5.75 Å². The number of tetrazole rings is 1. The zero-order valence-electron chi connectivity index (χ0n) is 16.5. The number of hydrogen-bond acceptors (Lipinski definition) is 6. The summed E-state index contributed by atoms with van der Waals surface area (Å²) in [5.74, 6) is 0.922. The molecule has 1 aliphatic rings. The molecule has 0 spiro atoms. The number of carbonyl (C=O) groups is 1. The molecule has 7 nitrogen and oxygen atoms in total. The van der Waals surface area contributed by atoms with Crippen LogP contribution >= 0.6 is 11.8 Å². The number of rotatable bonds is 6. The van der Waals surface area contributed by atoms with E-state index in [9.17, 15) is 4.79 Å². The first-order chi connectivity index (χ1) is 14.1. The predicted molar refractivity (Wildman–Crippen MR) is 111 cm³/mol. The van der Waals surface area contributed by atoms with E-state index in [1.807, 2.05) is 42.2 Å². The molecule has 1 atom stereocenters. The van der Waals surface area contributed by atoms with E-state index in [1.54, 1.807) is 11.8 Å². The number of methoxy groups -OCH3 is 1. The summed E-state index contributed by atoms with van der Waals surface area (Å²) in [5, 5.41) is 12.4. The maximum atomic E-state index is 13.0. The molecule has 0 saturated carbocycles. The molecule has 0 radical (unpaired) electrons. The molecule has 0 bridgehead atoms. The Labute approximate surface area is 174 Å². The number of aromatic nitrogens is 4. The summed E-state index contributed by atoms with van der Waals surface area (Å²) >= 11 is 1.40. The summed E-state index contributed by atoms with van der Waals surface area (Å²) in [4.78, 5) is 14.9. The monoisotopic (exact) mass is 409 g/mol. The van der Waals surface area contributed by atoms with E-state index in [-0.39, 0.29) is 11.2 Å². The molecular formula is C21H23N5O2S. The Kier molecular flexibility index (Phi) is 5.80. The maximum Gasteiger partial charge on any atom is 0.236 e. The zero-order valence-corrected chi connectivity index (χ0v) is 17.3. The van der Waals surface area contributed by atoms with Crippen LogP contribution in [0, 0.1) is 0 Å². The number of fused-ring (bicyclic) bond motifs is 1. The first-order valence-corrected chi connectivity index (χ1v) is 10.4. The highest BCUT2D eigenvalue weighted by atomic mass is 32.2. The molecule has 4 rings (SSSR count). The number of carbonyl (C=O) groups excluding carboxylic acids is 1. The summed E-state index contributed by atoms with van der Waals surface area (Å²) in [6.45, 7) is 3.87. The van der Waals surface area contributed by atoms with Crippen LogP contribution in [0.3, 0.4) is 0 Å². The summed E-state index contributed by atoms with van der Waals surface area (Å²) in [6, 6.07) is 16.1. The van der Waals surface area contributed by atoms with Gasteiger partial charge in [0, 0.05) is 13.1 Å². The van der Waals surface area contributed by atoms with E-state index in [0.29, 0.717) is 18.2 Å². The van der Waals surface area contributed by atoms with E-state index in [4.69, 9.17) is 4.74 Å². The van der Waals surface area contributed by atoms with Crippen molar-refractivity contribution < 1.29 is 9.53 Å². The Hall–Kier alpha value is -2.87. The van der Waals surface area contributed by atoms with Crippen molar-refractivity contribution in [3.8, 4) is 5.75 Å². The first-order valence-electron chi connectivity index (χ1n) is 9.55. The maximum absolute atomic E-state index is 13.0. The minimum atomic E-state index is -0.263. The average molecular weight is 410 g/mol. The molecule has 0 fully saturated rings. The lowest BCUT2D eigenvalue weighted by atomic mass is 10.00. The molecule has 8 heteroatoms. The predicted octanol–water partition coefficient (Wildman–Crippen LogP) is 2.80. The van der Waals surface area contributed by atoms with Crippen LogP contribution in [-0.2, 0) is 24.3 Å². The van der Waals surface area contributed by atoms with Gasteiger partial charge >= 0.3 is 0 Å². The van der Waals surface area contributed by atoms with Gasteiger partial charge in [-0.05, 0) is 52.6 Å². The van der Waals surface area contributed by atoms with Crippen LogP contribution < -0.4 is 4.74 Å². The first kappa shape index (κ1) is 19.4. The van der Waals surface area contributed by atoms with Crippen molar-refractivity contribution >= 4 is 17.7 Å². The van der Waals surface area contributed by atoms with Crippen LogP contribution in [0.1, 0.15) is 23.6 Å². The molecule has 0 aliphatic carbocycles. The SMILES string of the molecule is COc1ccc(Cn2nnnc2SC(C)C(=O)N2CCc3ccccc3C2)cc1. The third-order valence-electron chi connectivity index (χ3n) is 5.06. The second kappa shape index (κ2) is 8.65. The topological polar surface area (TPSA) is 73.1 Å². The van der Waals surface area contributed by atoms with Crippen molar-refractivity contribution in [2.75, 3.05) is 13.7 Å². The van der Waals surface area contributed by atoms with Gasteiger partial charge in [-0.25, -0.2) is 4.68 Å². The van der Waals surface area contributed by atoms with E-state index in [2.05, 4.69) is 33.7 Å². The Bertz CT molecular complexity index is 989. The molecule has 1 aromatic heterocycles. The Morgan fingerprint density at radius 3 is 2.69 bits per heavy atom. The molecule has 2 aromatic carbocycles. The van der Waals surface area contributed by atoms with Crippen LogP contribution in [0.15, 0.2) is 53.7 Å². The molecule has 1 aliphatic heterocycles. The molecule has 150 valence electrons. The van der Waals surface area contributed by atoms with E-state index in [1.165, 1.54) is 22.9 Å². The van der Waals surface area contributed by atoms with Crippen molar-refractivity contribution in [3.63, 3.8) is 0 Å². The lowest BCUT2D eigenvalue weighted by Gasteiger charge is -2.30. The van der Waals surface area contributed by atoms with Gasteiger partial charge < -0.3 is 9.64 Å². The third kappa shape index (κ3) is 4.42. The lowest BCUT2D eigenvalue weighted by Crippen LogP contribution is -2.40. The normalized spacial score (nSPS) is 14.3. The van der Waals surface area contributed by atoms with Crippen LogP contribution in [0.4, 0.5) is 0 Å². The summed E-state index contributed by atoms with van der Waals surface area (Å²) in [6.07, 6.45) is 0.897. The highest BCUT2D eigenvalue weighted by Gasteiger charge is 2.26. The Balaban J connectivity index is 1.40. The molecule has 3 aromatic rings. The average Bonchev–Trinajstić information content (AvgIpc) is 3.19. The number of nitrogens with zero attached hydrogens (tertiary/aromatic N) is 5. The van der Waals surface area contributed by atoms with Gasteiger partial charge in [0.25, 0.3) is 0 Å². The fraction of sp³-hybridized carbons (Fsp3) is 0.333. The fourth-order valence-corrected chi connectivity index (χ4v) is 4.31. The number of amides is 1. The number of hydrogen-bond donors (Lipinski definition) is 0. The number of benzene rings is 2. The van der Waals surface area contributed by atoms with Crippen LogP contribution in [-0.4, -0.2) is 49.9 Å². The molecular weight excluding hydrogens is 386 g/mol. The van der Waals surface area contributed by atoms with E-state index in [0.717, 1.165) is 24.3 Å². The van der Waals surface area contributed by atoms with Crippen LogP contribution in [0.25, 0.3) is 0 Å². The molecule has 0 N–H and O–H groups in total. The van der Waals surface area contributed by atoms with Gasteiger partial charge in [0.05, 0.1) is 18.9 Å². The minimum absolute atomic E-state index is 0.114. The largest absolute Gasteiger partial charge is 0.497 e. The third-order valence-corrected chi connectivity index (χ3v) is 6.12. The van der Waals surface area contributed by atoms with Gasteiger partial charge in [0.15, 0.2) is 0 Å². The molecule has 2 heterocycles. The van der Waals surface area contributed by atoms with Crippen molar-refractivity contribution in [3.05, 3.63) is 65.2 Å². The summed E-state index contributed by atoms with van der Waals surface area (Å²) in [5.41, 5.74) is 3.63. The van der Waals surface area contributed by atoms with Gasteiger partial charge in [0.1, 0.15) is 5.75 Å². The Morgan fingerprint density at radius 1 is 1.17 bits per heavy atom. The van der Waals surface area contributed by atoms with Crippen molar-refractivity contribution in [2.24, 2.45) is 0 Å². The molecule has 0 saturated heterocycles. The van der Waals surface area contributed by atoms with E-state index < -0.39 is 0 Å². The van der Waals surface area contributed by atoms with Gasteiger partial charge in [-0.2, -0.15) is 0 Å². The summed E-state index contributed by atoms with van der Waals surface area (Å²) in [7, 11) is 1.64. The number of thioether (sulfide) groups is 1. The highest BCUT2D eigenvalue weighted by Crippen LogP contribution is 2.25. The van der Waals surface area contributed by atoms with Crippen molar-refractivity contribution in [1.82, 2.24) is 25.1 Å². The quantitative estimate of drug-likeness (QED) is 0.583. The smallest absolute Gasteiger partial charge is 0.236 e. The zero-order chi connectivity index (χ0) is 20.2. The second-order valence-electron chi connectivity index (χ2n) is 7.01. The van der Waals surface area contributed by atoms with Gasteiger partial charge in [-0.3, -0.25) is 4.79 Å². The molecule has 1 amide bonds. The summed E-state index contributed by atoms with van der Waals surface area (Å²) < 4.78 is 6.92. The fourth-order valence-electron chi connectivity index (χ4n) is 3.43. The second-order valence-corrected chi connectivity index (χ2v) is 8.31. The van der Waals surface area contributed by atoms with Gasteiger partial charge in [-0.15, -0.1) is 5.10 Å². The number of ether oxygens (including phenoxy) is 1. The minimum Gasteiger partial charge on any atom is -0.497 e. The van der Waals surface area contributed by atoms with Gasteiger partial charge in [-0.1, -0.05) is 48.2 Å².